The summed E-state index contributed by atoms with van der Waals surface area (Å²) in [5.41, 5.74) is 22.8. The molecule has 2 aromatic heterocycles. The number of anilines is 3. The van der Waals surface area contributed by atoms with Crippen molar-refractivity contribution in [2.45, 2.75) is 15.2 Å². The van der Waals surface area contributed by atoms with E-state index in [1.165, 1.54) is 0 Å². The van der Waals surface area contributed by atoms with E-state index >= 15 is 0 Å². The van der Waals surface area contributed by atoms with E-state index in [1.54, 1.807) is 45.2 Å². The molecule has 23 rings (SSSR count). The molecular formula is C103H64BN3S. The number of aromatic nitrogens is 2. The van der Waals surface area contributed by atoms with Crippen molar-refractivity contribution in [3.8, 4) is 100 Å². The Bertz CT molecular complexity index is 7730. The van der Waals surface area contributed by atoms with Crippen molar-refractivity contribution in [2.75, 3.05) is 4.90 Å². The van der Waals surface area contributed by atoms with E-state index in [0.717, 1.165) is 138 Å². The van der Waals surface area contributed by atoms with Crippen LogP contribution in [-0.2, 0) is 5.41 Å². The summed E-state index contributed by atoms with van der Waals surface area (Å²) >= 11 is 1.68. The lowest BCUT2D eigenvalue weighted by Gasteiger charge is -2.42. The van der Waals surface area contributed by atoms with Crippen molar-refractivity contribution in [2.24, 2.45) is 0 Å². The third-order valence-corrected chi connectivity index (χ3v) is 23.8. The Balaban J connectivity index is 0.880. The van der Waals surface area contributed by atoms with Gasteiger partial charge in [-0.1, -0.05) is 320 Å². The van der Waals surface area contributed by atoms with Crippen molar-refractivity contribution in [3.63, 3.8) is 0 Å². The highest BCUT2D eigenvalue weighted by atomic mass is 32.2. The van der Waals surface area contributed by atoms with E-state index in [9.17, 15) is 17.8 Å². The molecule has 0 saturated carbocycles. The Morgan fingerprint density at radius 2 is 0.750 bits per heavy atom. The van der Waals surface area contributed by atoms with Crippen molar-refractivity contribution < 1.29 is 20.6 Å². The molecule has 4 heterocycles. The number of hydrogen-bond acceptors (Lipinski definition) is 2. The van der Waals surface area contributed by atoms with Crippen LogP contribution in [0.25, 0.3) is 144 Å². The van der Waals surface area contributed by atoms with Gasteiger partial charge in [0.05, 0.1) is 53.7 Å². The minimum atomic E-state index is -0.984. The van der Waals surface area contributed by atoms with Gasteiger partial charge in [-0.25, -0.2) is 0 Å². The fourth-order valence-electron chi connectivity index (χ4n) is 18.1. The molecule has 0 unspecified atom stereocenters. The summed E-state index contributed by atoms with van der Waals surface area (Å²) in [6.07, 6.45) is 0. The van der Waals surface area contributed by atoms with Crippen LogP contribution in [0.3, 0.4) is 0 Å². The maximum absolute atomic E-state index is 10.4. The van der Waals surface area contributed by atoms with Gasteiger partial charge in [0, 0.05) is 70.8 Å². The fourth-order valence-corrected chi connectivity index (χ4v) is 19.5. The Morgan fingerprint density at radius 3 is 1.35 bits per heavy atom. The Labute approximate surface area is 652 Å². The van der Waals surface area contributed by atoms with Crippen LogP contribution in [0.5, 0.6) is 0 Å². The first-order valence-corrected chi connectivity index (χ1v) is 37.1. The molecule has 3 nitrogen and oxygen atoms in total. The predicted molar refractivity (Wildman–Crippen MR) is 454 cm³/mol. The minimum Gasteiger partial charge on any atom is -0.310 e. The molecule has 500 valence electrons. The van der Waals surface area contributed by atoms with E-state index in [2.05, 4.69) is 205 Å². The third kappa shape index (κ3) is 8.88. The lowest BCUT2D eigenvalue weighted by molar-refractivity contribution is 0.792. The number of hydrogen-bond donors (Lipinski definition) is 0. The number of rotatable bonds is 9. The average Bonchev–Trinajstić information content (AvgIpc) is 1.53. The molecule has 4 aliphatic rings. The second kappa shape index (κ2) is 23.8. The molecule has 2 aliphatic carbocycles. The quantitative estimate of drug-likeness (QED) is 0.134. The van der Waals surface area contributed by atoms with Crippen LogP contribution in [0.4, 0.5) is 17.1 Å². The summed E-state index contributed by atoms with van der Waals surface area (Å²) in [7, 11) is 0. The summed E-state index contributed by atoms with van der Waals surface area (Å²) in [6.45, 7) is -0.628. The highest BCUT2D eigenvalue weighted by Crippen LogP contribution is 2.65. The topological polar surface area (TPSA) is 13.1 Å². The molecule has 0 fully saturated rings. The zero-order chi connectivity index (χ0) is 83.8. The van der Waals surface area contributed by atoms with Crippen LogP contribution in [-0.4, -0.2) is 15.8 Å². The Morgan fingerprint density at radius 1 is 0.296 bits per heavy atom. The van der Waals surface area contributed by atoms with Gasteiger partial charge in [0.1, 0.15) is 0 Å². The fraction of sp³-hybridized carbons (Fsp3) is 0.00971. The first-order chi connectivity index (χ1) is 59.8. The van der Waals surface area contributed by atoms with Crippen LogP contribution >= 0.6 is 11.8 Å². The lowest BCUT2D eigenvalue weighted by atomic mass is 9.34. The first kappa shape index (κ1) is 47.8. The predicted octanol–water partition coefficient (Wildman–Crippen LogP) is 25.0. The van der Waals surface area contributed by atoms with E-state index < -0.39 is 72.6 Å². The van der Waals surface area contributed by atoms with Crippen LogP contribution in [0.2, 0.25) is 0 Å². The second-order valence-electron chi connectivity index (χ2n) is 28.1. The molecule has 2 aliphatic heterocycles. The SMILES string of the molecule is [2H]c1c([2H])c([2H])c2c(c1[2H])c1c([2H])c([2H])c([2H])c([2H])c1n2-c1ccc2c(c1)-c1c(ccc3c1Sc1cc(-c4cccc(-c5ccccc5)c4)cc4c1B3c1ccc(-n3c5c([2H])c([2H])c([2H])c([2H])c5c5c([2H])c(-c6ccccc6)c([2H])c([2H])c53)cc1N4c1c(-c3ccccc3)cc(-c3ccccc3)cc1-c1ccccc1)C21c2ccccc2-c2ccccc21. The first-order valence-electron chi connectivity index (χ1n) is 43.8. The van der Waals surface area contributed by atoms with Crippen molar-refractivity contribution in [3.05, 3.63) is 410 Å². The largest absolute Gasteiger partial charge is 0.310 e. The molecule has 0 saturated heterocycles. The van der Waals surface area contributed by atoms with Gasteiger partial charge in [-0.15, -0.1) is 0 Å². The summed E-state index contributed by atoms with van der Waals surface area (Å²) in [4.78, 5) is 4.23. The van der Waals surface area contributed by atoms with Crippen LogP contribution in [0.1, 0.15) is 42.8 Å². The number of para-hydroxylation sites is 3. The Hall–Kier alpha value is -13.4. The normalized spacial score (nSPS) is 15.1. The van der Waals surface area contributed by atoms with E-state index in [1.807, 2.05) is 72.8 Å². The molecule has 17 aromatic carbocycles. The number of benzene rings is 17. The van der Waals surface area contributed by atoms with Gasteiger partial charge >= 0.3 is 0 Å². The van der Waals surface area contributed by atoms with Crippen LogP contribution in [0.15, 0.2) is 398 Å². The zero-order valence-electron chi connectivity index (χ0n) is 72.6. The number of nitrogens with zero attached hydrogens (tertiary/aromatic N) is 3. The molecule has 5 heteroatoms. The molecule has 0 amide bonds. The number of fused-ring (bicyclic) bond motifs is 21. The van der Waals surface area contributed by atoms with E-state index in [4.69, 9.17) is 2.74 Å². The molecule has 0 atom stereocenters. The van der Waals surface area contributed by atoms with Crippen molar-refractivity contribution in [1.82, 2.24) is 9.13 Å². The summed E-state index contributed by atoms with van der Waals surface area (Å²) in [5, 5.41) is 0.0869. The maximum atomic E-state index is 10.4. The highest BCUT2D eigenvalue weighted by Gasteiger charge is 2.54. The van der Waals surface area contributed by atoms with Crippen LogP contribution < -0.4 is 21.3 Å². The lowest BCUT2D eigenvalue weighted by Crippen LogP contribution is -2.60. The van der Waals surface area contributed by atoms with E-state index in [0.29, 0.717) is 22.6 Å². The molecule has 0 N–H and O–H groups in total. The van der Waals surface area contributed by atoms with Gasteiger partial charge in [-0.2, -0.15) is 0 Å². The third-order valence-electron chi connectivity index (χ3n) is 22.6. The average molecular weight is 1400 g/mol. The molecular weight excluding hydrogens is 1320 g/mol. The smallest absolute Gasteiger partial charge is 0.249 e. The van der Waals surface area contributed by atoms with Gasteiger partial charge < -0.3 is 14.0 Å². The summed E-state index contributed by atoms with van der Waals surface area (Å²) < 4.78 is 148. The van der Waals surface area contributed by atoms with Crippen LogP contribution in [0, 0.1) is 0 Å². The van der Waals surface area contributed by atoms with Gasteiger partial charge in [-0.05, 0) is 190 Å². The van der Waals surface area contributed by atoms with Gasteiger partial charge in [0.15, 0.2) is 0 Å². The minimum absolute atomic E-state index is 0.00271. The Kier molecular flexibility index (Phi) is 10.5. The van der Waals surface area contributed by atoms with Crippen molar-refractivity contribution >= 4 is 95.5 Å². The van der Waals surface area contributed by atoms with E-state index in [-0.39, 0.29) is 79.4 Å². The molecule has 19 aromatic rings. The summed E-state index contributed by atoms with van der Waals surface area (Å²) in [6, 6.07) is 95.8. The monoisotopic (exact) mass is 1400 g/mol. The standard InChI is InChI=1S/C103H64BN3S/c1-6-27-65(28-7-1)70-37-26-38-71(57-70)74-61-97-100-98(62-74)108-102-91(55-53-89-99(102)85-63-75(105-92-46-23-18-41-79(92)80-42-19-24-47-93(80)105)50-52-88(85)103(89)86-44-21-16-39-77(86)78-40-17-22-45-87(78)103)104(100)90-54-51-76(106-94-48-25-20-43-81(94)84-58-72(49-56-95(84)106)66-29-8-2-9-30-66)64-96(90)107(97)101-82(68-33-12-4-13-34-68)59-73(67-31-10-3-11-32-67)60-83(101)69-35-14-5-15-36-69/h1-64H/i18D,19D,20D,23D,24D,25D,41D,42D,43D,46D,47D,48D,49D,56D,58D. The van der Waals surface area contributed by atoms with Gasteiger partial charge in [-0.3, -0.25) is 0 Å². The highest BCUT2D eigenvalue weighted by molar-refractivity contribution is 8.00. The molecule has 0 radical (unpaired) electrons. The second-order valence-corrected chi connectivity index (χ2v) is 29.2. The summed E-state index contributed by atoms with van der Waals surface area (Å²) in [5.74, 6) is 0. The molecule has 108 heavy (non-hydrogen) atoms. The van der Waals surface area contributed by atoms with Crippen molar-refractivity contribution in [1.29, 1.82) is 0 Å². The van der Waals surface area contributed by atoms with Gasteiger partial charge in [0.25, 0.3) is 0 Å². The zero-order valence-corrected chi connectivity index (χ0v) is 58.4. The molecule has 0 bridgehead atoms. The maximum Gasteiger partial charge on any atom is 0.249 e. The van der Waals surface area contributed by atoms with Gasteiger partial charge in [0.2, 0.25) is 6.71 Å². The molecule has 1 spiro atoms.